The predicted octanol–water partition coefficient (Wildman–Crippen LogP) is 1.63. The second-order valence-corrected chi connectivity index (χ2v) is 6.56. The number of anilines is 1. The molecule has 1 saturated heterocycles. The van der Waals surface area contributed by atoms with E-state index in [-0.39, 0.29) is 28.9 Å². The summed E-state index contributed by atoms with van der Waals surface area (Å²) in [5, 5.41) is 2.91. The first kappa shape index (κ1) is 15.7. The first-order chi connectivity index (χ1) is 9.89. The van der Waals surface area contributed by atoms with Gasteiger partial charge in [-0.15, -0.1) is 0 Å². The molecule has 2 atom stereocenters. The van der Waals surface area contributed by atoms with Crippen molar-refractivity contribution in [2.24, 2.45) is 11.3 Å². The van der Waals surface area contributed by atoms with E-state index in [0.29, 0.717) is 12.5 Å². The van der Waals surface area contributed by atoms with Gasteiger partial charge in [-0.2, -0.15) is 0 Å². The zero-order chi connectivity index (χ0) is 15.5. The molecule has 1 aromatic heterocycles. The summed E-state index contributed by atoms with van der Waals surface area (Å²) in [4.78, 5) is 20.0. The minimum atomic E-state index is -0.279. The van der Waals surface area contributed by atoms with Crippen LogP contribution in [0.15, 0.2) is 12.4 Å². The lowest BCUT2D eigenvalue weighted by molar-refractivity contribution is -0.0839. The highest BCUT2D eigenvalue weighted by molar-refractivity contribution is 5.96. The van der Waals surface area contributed by atoms with Gasteiger partial charge < -0.3 is 15.8 Å². The Kier molecular flexibility index (Phi) is 4.77. The topological polar surface area (TPSA) is 90.1 Å². The van der Waals surface area contributed by atoms with Crippen molar-refractivity contribution in [2.45, 2.75) is 39.7 Å². The van der Waals surface area contributed by atoms with E-state index in [1.165, 1.54) is 12.4 Å². The van der Waals surface area contributed by atoms with Crippen LogP contribution in [0.25, 0.3) is 0 Å². The Morgan fingerprint density at radius 2 is 2.14 bits per heavy atom. The van der Waals surface area contributed by atoms with Crippen LogP contribution in [0.3, 0.4) is 0 Å². The van der Waals surface area contributed by atoms with Crippen LogP contribution in [0.2, 0.25) is 0 Å². The van der Waals surface area contributed by atoms with Crippen LogP contribution in [0, 0.1) is 11.3 Å². The molecule has 2 heterocycles. The zero-order valence-corrected chi connectivity index (χ0v) is 12.9. The van der Waals surface area contributed by atoms with Crippen molar-refractivity contribution in [2.75, 3.05) is 18.9 Å². The van der Waals surface area contributed by atoms with Gasteiger partial charge in [-0.05, 0) is 18.3 Å². The average molecular weight is 292 g/mol. The van der Waals surface area contributed by atoms with Crippen LogP contribution in [0.1, 0.15) is 44.1 Å². The molecule has 6 nitrogen and oxygen atoms in total. The maximum atomic E-state index is 12.1. The Morgan fingerprint density at radius 3 is 2.81 bits per heavy atom. The van der Waals surface area contributed by atoms with Gasteiger partial charge in [-0.3, -0.25) is 4.79 Å². The fourth-order valence-electron chi connectivity index (χ4n) is 2.84. The van der Waals surface area contributed by atoms with E-state index in [9.17, 15) is 4.79 Å². The van der Waals surface area contributed by atoms with Crippen LogP contribution < -0.4 is 11.1 Å². The molecule has 2 rings (SSSR count). The summed E-state index contributed by atoms with van der Waals surface area (Å²) in [6, 6.07) is 0. The number of ether oxygens (including phenoxy) is 1. The molecule has 3 N–H and O–H groups in total. The number of nitrogens with two attached hydrogens (primary N) is 1. The Balaban J connectivity index is 1.98. The van der Waals surface area contributed by atoms with Crippen molar-refractivity contribution in [3.63, 3.8) is 0 Å². The minimum Gasteiger partial charge on any atom is -0.382 e. The smallest absolute Gasteiger partial charge is 0.273 e. The standard InChI is InChI=1S/C15H24N4O2/c1-15(2,3)12-10(5-4-8-21-12)9-19-14(20)11-13(16)18-7-6-17-11/h6-7,10,12H,4-5,8-9H2,1-3H3,(H2,16,18)(H,19,20). The second kappa shape index (κ2) is 6.39. The number of rotatable bonds is 3. The molecule has 116 valence electrons. The number of hydrogen-bond donors (Lipinski definition) is 2. The Labute approximate surface area is 125 Å². The summed E-state index contributed by atoms with van der Waals surface area (Å²) in [6.07, 6.45) is 5.16. The van der Waals surface area contributed by atoms with Gasteiger partial charge in [0.15, 0.2) is 11.5 Å². The molecule has 0 spiro atoms. The molecule has 0 radical (unpaired) electrons. The van der Waals surface area contributed by atoms with Crippen molar-refractivity contribution < 1.29 is 9.53 Å². The molecule has 0 bridgehead atoms. The summed E-state index contributed by atoms with van der Waals surface area (Å²) >= 11 is 0. The maximum absolute atomic E-state index is 12.1. The maximum Gasteiger partial charge on any atom is 0.273 e. The average Bonchev–Trinajstić information content (AvgIpc) is 2.44. The van der Waals surface area contributed by atoms with Crippen molar-refractivity contribution >= 4 is 11.7 Å². The quantitative estimate of drug-likeness (QED) is 0.883. The molecule has 0 aromatic carbocycles. The number of amides is 1. The molecule has 0 saturated carbocycles. The summed E-state index contributed by atoms with van der Waals surface area (Å²) in [5.74, 6) is 0.182. The van der Waals surface area contributed by atoms with Crippen LogP contribution in [-0.4, -0.2) is 35.1 Å². The monoisotopic (exact) mass is 292 g/mol. The summed E-state index contributed by atoms with van der Waals surface area (Å²) in [6.45, 7) is 7.86. The minimum absolute atomic E-state index is 0.0569. The fraction of sp³-hybridized carbons (Fsp3) is 0.667. The molecule has 1 fully saturated rings. The van der Waals surface area contributed by atoms with Gasteiger partial charge in [0, 0.05) is 31.5 Å². The molecule has 2 unspecified atom stereocenters. The van der Waals surface area contributed by atoms with Crippen LogP contribution in [0.4, 0.5) is 5.82 Å². The van der Waals surface area contributed by atoms with Crippen LogP contribution >= 0.6 is 0 Å². The van der Waals surface area contributed by atoms with Gasteiger partial charge in [0.05, 0.1) is 6.10 Å². The van der Waals surface area contributed by atoms with E-state index >= 15 is 0 Å². The summed E-state index contributed by atoms with van der Waals surface area (Å²) in [7, 11) is 0. The van der Waals surface area contributed by atoms with E-state index in [4.69, 9.17) is 10.5 Å². The van der Waals surface area contributed by atoms with Crippen molar-refractivity contribution in [1.29, 1.82) is 0 Å². The Morgan fingerprint density at radius 1 is 1.43 bits per heavy atom. The number of nitrogen functional groups attached to an aromatic ring is 1. The van der Waals surface area contributed by atoms with E-state index in [2.05, 4.69) is 36.1 Å². The lowest BCUT2D eigenvalue weighted by Gasteiger charge is -2.40. The highest BCUT2D eigenvalue weighted by Crippen LogP contribution is 2.33. The number of hydrogen-bond acceptors (Lipinski definition) is 5. The number of nitrogens with zero attached hydrogens (tertiary/aromatic N) is 2. The molecular weight excluding hydrogens is 268 g/mol. The van der Waals surface area contributed by atoms with Gasteiger partial charge in [-0.25, -0.2) is 9.97 Å². The van der Waals surface area contributed by atoms with Gasteiger partial charge >= 0.3 is 0 Å². The van der Waals surface area contributed by atoms with Crippen molar-refractivity contribution in [3.05, 3.63) is 18.1 Å². The number of nitrogens with one attached hydrogen (secondary N) is 1. The lowest BCUT2D eigenvalue weighted by atomic mass is 9.78. The number of aromatic nitrogens is 2. The van der Waals surface area contributed by atoms with Crippen LogP contribution in [-0.2, 0) is 4.74 Å². The van der Waals surface area contributed by atoms with Gasteiger partial charge in [0.25, 0.3) is 5.91 Å². The Bertz CT molecular complexity index is 499. The van der Waals surface area contributed by atoms with Gasteiger partial charge in [0.1, 0.15) is 0 Å². The van der Waals surface area contributed by atoms with Gasteiger partial charge in [-0.1, -0.05) is 20.8 Å². The SMILES string of the molecule is CC(C)(C)C1OCCCC1CNC(=O)c1nccnc1N. The van der Waals surface area contributed by atoms with Crippen LogP contribution in [0.5, 0.6) is 0 Å². The third-order valence-electron chi connectivity index (χ3n) is 3.76. The van der Waals surface area contributed by atoms with E-state index in [1.807, 2.05) is 0 Å². The van der Waals surface area contributed by atoms with E-state index in [1.54, 1.807) is 0 Å². The number of carbonyl (C=O) groups is 1. The van der Waals surface area contributed by atoms with E-state index < -0.39 is 0 Å². The number of carbonyl (C=O) groups excluding carboxylic acids is 1. The van der Waals surface area contributed by atoms with E-state index in [0.717, 1.165) is 19.4 Å². The first-order valence-corrected chi connectivity index (χ1v) is 7.36. The molecular formula is C15H24N4O2. The zero-order valence-electron chi connectivity index (χ0n) is 12.9. The van der Waals surface area contributed by atoms with Gasteiger partial charge in [0.2, 0.25) is 0 Å². The third-order valence-corrected chi connectivity index (χ3v) is 3.76. The molecule has 1 aliphatic heterocycles. The highest BCUT2D eigenvalue weighted by atomic mass is 16.5. The predicted molar refractivity (Wildman–Crippen MR) is 80.7 cm³/mol. The fourth-order valence-corrected chi connectivity index (χ4v) is 2.84. The molecule has 1 aromatic rings. The normalized spacial score (nSPS) is 22.8. The molecule has 1 amide bonds. The molecule has 0 aliphatic carbocycles. The third kappa shape index (κ3) is 3.91. The second-order valence-electron chi connectivity index (χ2n) is 6.56. The van der Waals surface area contributed by atoms with Crippen molar-refractivity contribution in [1.82, 2.24) is 15.3 Å². The summed E-state index contributed by atoms with van der Waals surface area (Å²) in [5.41, 5.74) is 5.91. The molecule has 21 heavy (non-hydrogen) atoms. The Hall–Kier alpha value is -1.69. The lowest BCUT2D eigenvalue weighted by Crippen LogP contribution is -2.45. The van der Waals surface area contributed by atoms with Crippen molar-refractivity contribution in [3.8, 4) is 0 Å². The summed E-state index contributed by atoms with van der Waals surface area (Å²) < 4.78 is 5.91. The molecule has 6 heteroatoms. The highest BCUT2D eigenvalue weighted by Gasteiger charge is 2.35. The largest absolute Gasteiger partial charge is 0.382 e. The molecule has 1 aliphatic rings. The first-order valence-electron chi connectivity index (χ1n) is 7.36.